The van der Waals surface area contributed by atoms with Crippen LogP contribution < -0.4 is 14.8 Å². The van der Waals surface area contributed by atoms with E-state index in [2.05, 4.69) is 39.1 Å². The standard InChI is InChI=1S/C20H35NO2/c1-6-7-8-9-10-14-23-19-17(12-11-13-18(19)22-5)15-21-16-20(2,3)4/h11-13,21H,6-10,14-16H2,1-5H3. The molecule has 0 aliphatic rings. The van der Waals surface area contributed by atoms with Gasteiger partial charge in [-0.2, -0.15) is 0 Å². The Kier molecular flexibility index (Phi) is 9.08. The van der Waals surface area contributed by atoms with Crippen LogP contribution in [0.25, 0.3) is 0 Å². The summed E-state index contributed by atoms with van der Waals surface area (Å²) in [6.45, 7) is 11.5. The van der Waals surface area contributed by atoms with E-state index in [1.807, 2.05) is 12.1 Å². The lowest BCUT2D eigenvalue weighted by molar-refractivity contribution is 0.280. The van der Waals surface area contributed by atoms with E-state index >= 15 is 0 Å². The number of para-hydroxylation sites is 1. The third kappa shape index (κ3) is 8.26. The molecule has 0 saturated carbocycles. The Morgan fingerprint density at radius 2 is 1.78 bits per heavy atom. The number of ether oxygens (including phenoxy) is 2. The summed E-state index contributed by atoms with van der Waals surface area (Å²) in [5.41, 5.74) is 1.45. The largest absolute Gasteiger partial charge is 0.493 e. The van der Waals surface area contributed by atoms with E-state index in [-0.39, 0.29) is 5.41 Å². The molecule has 0 aliphatic heterocycles. The Balaban J connectivity index is 2.56. The lowest BCUT2D eigenvalue weighted by Gasteiger charge is -2.20. The molecule has 0 unspecified atom stereocenters. The second-order valence-electron chi connectivity index (χ2n) is 7.38. The fourth-order valence-corrected chi connectivity index (χ4v) is 2.48. The van der Waals surface area contributed by atoms with Gasteiger partial charge in [0.1, 0.15) is 0 Å². The molecular weight excluding hydrogens is 286 g/mol. The van der Waals surface area contributed by atoms with Crippen LogP contribution in [0.5, 0.6) is 11.5 Å². The molecule has 0 fully saturated rings. The third-order valence-electron chi connectivity index (χ3n) is 3.75. The summed E-state index contributed by atoms with van der Waals surface area (Å²) in [7, 11) is 1.70. The predicted molar refractivity (Wildman–Crippen MR) is 98.4 cm³/mol. The minimum Gasteiger partial charge on any atom is -0.493 e. The van der Waals surface area contributed by atoms with Crippen LogP contribution in [0.2, 0.25) is 0 Å². The fourth-order valence-electron chi connectivity index (χ4n) is 2.48. The lowest BCUT2D eigenvalue weighted by Crippen LogP contribution is -2.26. The molecule has 1 N–H and O–H groups in total. The van der Waals surface area contributed by atoms with Crippen LogP contribution in [0.4, 0.5) is 0 Å². The monoisotopic (exact) mass is 321 g/mol. The minimum absolute atomic E-state index is 0.277. The van der Waals surface area contributed by atoms with Crippen LogP contribution in [-0.4, -0.2) is 20.3 Å². The van der Waals surface area contributed by atoms with Crippen LogP contribution in [-0.2, 0) is 6.54 Å². The highest BCUT2D eigenvalue weighted by Crippen LogP contribution is 2.31. The summed E-state index contributed by atoms with van der Waals surface area (Å²) >= 11 is 0. The SMILES string of the molecule is CCCCCCCOc1c(CNCC(C)(C)C)cccc1OC. The van der Waals surface area contributed by atoms with E-state index in [1.54, 1.807) is 7.11 Å². The molecule has 1 rings (SSSR count). The van der Waals surface area contributed by atoms with Gasteiger partial charge in [0.2, 0.25) is 0 Å². The number of hydrogen-bond acceptors (Lipinski definition) is 3. The zero-order chi connectivity index (χ0) is 17.1. The van der Waals surface area contributed by atoms with Gasteiger partial charge in [-0.3, -0.25) is 0 Å². The summed E-state index contributed by atoms with van der Waals surface area (Å²) in [6, 6.07) is 6.12. The van der Waals surface area contributed by atoms with Crippen molar-refractivity contribution in [3.05, 3.63) is 23.8 Å². The second kappa shape index (κ2) is 10.5. The normalized spacial score (nSPS) is 11.5. The van der Waals surface area contributed by atoms with Gasteiger partial charge in [0.25, 0.3) is 0 Å². The van der Waals surface area contributed by atoms with Crippen molar-refractivity contribution in [3.8, 4) is 11.5 Å². The van der Waals surface area contributed by atoms with Gasteiger partial charge in [-0.25, -0.2) is 0 Å². The molecule has 0 atom stereocenters. The van der Waals surface area contributed by atoms with E-state index in [9.17, 15) is 0 Å². The molecular formula is C20H35NO2. The lowest BCUT2D eigenvalue weighted by atomic mass is 9.97. The van der Waals surface area contributed by atoms with Gasteiger partial charge in [0.15, 0.2) is 11.5 Å². The minimum atomic E-state index is 0.277. The van der Waals surface area contributed by atoms with Crippen molar-refractivity contribution in [1.29, 1.82) is 0 Å². The van der Waals surface area contributed by atoms with Gasteiger partial charge < -0.3 is 14.8 Å². The van der Waals surface area contributed by atoms with E-state index in [1.165, 1.54) is 31.2 Å². The summed E-state index contributed by atoms with van der Waals surface area (Å²) < 4.78 is 11.5. The van der Waals surface area contributed by atoms with Crippen molar-refractivity contribution in [3.63, 3.8) is 0 Å². The Morgan fingerprint density at radius 3 is 2.43 bits per heavy atom. The van der Waals surface area contributed by atoms with Gasteiger partial charge in [0, 0.05) is 18.7 Å². The van der Waals surface area contributed by atoms with E-state index in [0.29, 0.717) is 0 Å². The quantitative estimate of drug-likeness (QED) is 0.570. The van der Waals surface area contributed by atoms with Crippen molar-refractivity contribution in [2.45, 2.75) is 66.3 Å². The van der Waals surface area contributed by atoms with Crippen molar-refractivity contribution in [2.24, 2.45) is 5.41 Å². The average Bonchev–Trinajstić information content (AvgIpc) is 2.50. The van der Waals surface area contributed by atoms with Crippen molar-refractivity contribution < 1.29 is 9.47 Å². The van der Waals surface area contributed by atoms with Crippen LogP contribution in [0.3, 0.4) is 0 Å². The molecule has 0 saturated heterocycles. The highest BCUT2D eigenvalue weighted by Gasteiger charge is 2.13. The predicted octanol–water partition coefficient (Wildman–Crippen LogP) is 5.18. The maximum absolute atomic E-state index is 6.06. The first-order valence-corrected chi connectivity index (χ1v) is 8.97. The average molecular weight is 322 g/mol. The van der Waals surface area contributed by atoms with Crippen LogP contribution in [0.15, 0.2) is 18.2 Å². The van der Waals surface area contributed by atoms with Gasteiger partial charge >= 0.3 is 0 Å². The molecule has 23 heavy (non-hydrogen) atoms. The number of rotatable bonds is 11. The summed E-state index contributed by atoms with van der Waals surface area (Å²) in [5.74, 6) is 1.72. The molecule has 0 bridgehead atoms. The summed E-state index contributed by atoms with van der Waals surface area (Å²) in [5, 5.41) is 3.52. The molecule has 3 nitrogen and oxygen atoms in total. The molecule has 0 amide bonds. The molecule has 132 valence electrons. The van der Waals surface area contributed by atoms with E-state index < -0.39 is 0 Å². The van der Waals surface area contributed by atoms with E-state index in [0.717, 1.165) is 37.6 Å². The zero-order valence-electron chi connectivity index (χ0n) is 15.7. The maximum atomic E-state index is 6.06. The fraction of sp³-hybridized carbons (Fsp3) is 0.700. The molecule has 0 aromatic heterocycles. The first-order chi connectivity index (χ1) is 11.0. The topological polar surface area (TPSA) is 30.5 Å². The van der Waals surface area contributed by atoms with Crippen molar-refractivity contribution in [1.82, 2.24) is 5.32 Å². The Labute approximate surface area is 142 Å². The van der Waals surface area contributed by atoms with E-state index in [4.69, 9.17) is 9.47 Å². The molecule has 3 heteroatoms. The Bertz CT molecular complexity index is 438. The highest BCUT2D eigenvalue weighted by molar-refractivity contribution is 5.46. The van der Waals surface area contributed by atoms with Gasteiger partial charge in [-0.15, -0.1) is 0 Å². The molecule has 0 heterocycles. The van der Waals surface area contributed by atoms with Crippen LogP contribution >= 0.6 is 0 Å². The van der Waals surface area contributed by atoms with Crippen molar-refractivity contribution in [2.75, 3.05) is 20.3 Å². The highest BCUT2D eigenvalue weighted by atomic mass is 16.5. The van der Waals surface area contributed by atoms with Gasteiger partial charge in [-0.1, -0.05) is 65.5 Å². The van der Waals surface area contributed by atoms with Crippen molar-refractivity contribution >= 4 is 0 Å². The summed E-state index contributed by atoms with van der Waals surface area (Å²) in [4.78, 5) is 0. The third-order valence-corrected chi connectivity index (χ3v) is 3.75. The maximum Gasteiger partial charge on any atom is 0.165 e. The molecule has 0 radical (unpaired) electrons. The first kappa shape index (κ1) is 19.8. The van der Waals surface area contributed by atoms with Gasteiger partial charge in [0.05, 0.1) is 13.7 Å². The number of methoxy groups -OCH3 is 1. The number of hydrogen-bond donors (Lipinski definition) is 1. The molecule has 1 aromatic carbocycles. The first-order valence-electron chi connectivity index (χ1n) is 8.97. The summed E-state index contributed by atoms with van der Waals surface area (Å²) in [6.07, 6.45) is 6.23. The molecule has 0 spiro atoms. The molecule has 0 aliphatic carbocycles. The zero-order valence-corrected chi connectivity index (χ0v) is 15.7. The number of unbranched alkanes of at least 4 members (excludes halogenated alkanes) is 4. The molecule has 1 aromatic rings. The van der Waals surface area contributed by atoms with Crippen LogP contribution in [0, 0.1) is 5.41 Å². The second-order valence-corrected chi connectivity index (χ2v) is 7.38. The Hall–Kier alpha value is -1.22. The number of nitrogens with one attached hydrogen (secondary N) is 1. The smallest absolute Gasteiger partial charge is 0.165 e. The van der Waals surface area contributed by atoms with Gasteiger partial charge in [-0.05, 0) is 17.9 Å². The Morgan fingerprint density at radius 1 is 1.04 bits per heavy atom. The number of benzene rings is 1. The van der Waals surface area contributed by atoms with Crippen LogP contribution in [0.1, 0.15) is 65.4 Å².